The van der Waals surface area contributed by atoms with E-state index in [1.165, 1.54) is 6.92 Å². The topological polar surface area (TPSA) is 48.3 Å². The standard InChI is InChI=1S/C12H10F3NO3/c1-3-7-16-9(11(18)19-4-2)6-5-8(10(16)17)12(13,14)15/h1,5-6H,4,7H2,2H3. The summed E-state index contributed by atoms with van der Waals surface area (Å²) in [6.07, 6.45) is 0.184. The van der Waals surface area contributed by atoms with Crippen LogP contribution in [0.4, 0.5) is 13.2 Å². The molecule has 1 aromatic heterocycles. The fraction of sp³-hybridized carbons (Fsp3) is 0.333. The molecule has 102 valence electrons. The van der Waals surface area contributed by atoms with Crippen LogP contribution in [-0.4, -0.2) is 17.1 Å². The van der Waals surface area contributed by atoms with E-state index in [-0.39, 0.29) is 12.3 Å². The van der Waals surface area contributed by atoms with Gasteiger partial charge < -0.3 is 4.74 Å². The molecule has 7 heteroatoms. The number of rotatable bonds is 3. The first-order valence-electron chi connectivity index (χ1n) is 5.24. The van der Waals surface area contributed by atoms with Gasteiger partial charge in [0, 0.05) is 0 Å². The monoisotopic (exact) mass is 273 g/mol. The lowest BCUT2D eigenvalue weighted by atomic mass is 10.2. The summed E-state index contributed by atoms with van der Waals surface area (Å²) in [5, 5.41) is 0. The zero-order valence-electron chi connectivity index (χ0n) is 9.95. The number of terminal acetylenes is 1. The first-order chi connectivity index (χ1) is 8.82. The first-order valence-corrected chi connectivity index (χ1v) is 5.24. The number of carbonyl (C=O) groups excluding carboxylic acids is 1. The number of aromatic nitrogens is 1. The van der Waals surface area contributed by atoms with Gasteiger partial charge in [-0.15, -0.1) is 6.42 Å². The normalized spacial score (nSPS) is 10.9. The summed E-state index contributed by atoms with van der Waals surface area (Å²) in [6, 6.07) is 1.42. The Hall–Kier alpha value is -2.23. The molecular weight excluding hydrogens is 263 g/mol. The molecule has 0 spiro atoms. The van der Waals surface area contributed by atoms with Crippen molar-refractivity contribution in [2.24, 2.45) is 0 Å². The predicted octanol–water partition coefficient (Wildman–Crippen LogP) is 1.68. The number of hydrogen-bond acceptors (Lipinski definition) is 3. The molecule has 0 aliphatic carbocycles. The molecule has 0 unspecified atom stereocenters. The Bertz CT molecular complexity index is 581. The van der Waals surface area contributed by atoms with Gasteiger partial charge in [0.25, 0.3) is 5.56 Å². The molecule has 0 amide bonds. The van der Waals surface area contributed by atoms with Crippen molar-refractivity contribution in [3.8, 4) is 12.3 Å². The second kappa shape index (κ2) is 5.61. The number of halogens is 3. The maximum atomic E-state index is 12.6. The van der Waals surface area contributed by atoms with Gasteiger partial charge in [-0.25, -0.2) is 4.79 Å². The molecule has 0 aliphatic heterocycles. The van der Waals surface area contributed by atoms with Crippen LogP contribution in [0.3, 0.4) is 0 Å². The lowest BCUT2D eigenvalue weighted by molar-refractivity contribution is -0.139. The van der Waals surface area contributed by atoms with Crippen molar-refractivity contribution in [2.75, 3.05) is 6.61 Å². The van der Waals surface area contributed by atoms with Gasteiger partial charge in [0.2, 0.25) is 0 Å². The van der Waals surface area contributed by atoms with E-state index >= 15 is 0 Å². The molecule has 0 fully saturated rings. The molecule has 0 aliphatic rings. The molecule has 0 aromatic carbocycles. The van der Waals surface area contributed by atoms with Gasteiger partial charge in [-0.2, -0.15) is 13.2 Å². The van der Waals surface area contributed by atoms with Gasteiger partial charge in [0.15, 0.2) is 0 Å². The van der Waals surface area contributed by atoms with E-state index < -0.39 is 29.8 Å². The largest absolute Gasteiger partial charge is 0.461 e. The van der Waals surface area contributed by atoms with Gasteiger partial charge in [-0.3, -0.25) is 9.36 Å². The van der Waals surface area contributed by atoms with E-state index in [2.05, 4.69) is 4.74 Å². The number of nitrogens with zero attached hydrogens (tertiary/aromatic N) is 1. The highest BCUT2D eigenvalue weighted by Gasteiger charge is 2.35. The average Bonchev–Trinajstić information content (AvgIpc) is 2.30. The smallest absolute Gasteiger partial charge is 0.421 e. The molecule has 1 heterocycles. The minimum atomic E-state index is -4.80. The van der Waals surface area contributed by atoms with Crippen LogP contribution in [-0.2, 0) is 17.5 Å². The highest BCUT2D eigenvalue weighted by atomic mass is 19.4. The second-order valence-corrected chi connectivity index (χ2v) is 3.45. The Kier molecular flexibility index (Phi) is 4.38. The van der Waals surface area contributed by atoms with Crippen LogP contribution in [0.1, 0.15) is 23.0 Å². The van der Waals surface area contributed by atoms with Crippen LogP contribution >= 0.6 is 0 Å². The van der Waals surface area contributed by atoms with Crippen molar-refractivity contribution in [1.82, 2.24) is 4.57 Å². The summed E-state index contributed by atoms with van der Waals surface area (Å²) in [7, 11) is 0. The maximum absolute atomic E-state index is 12.6. The zero-order chi connectivity index (χ0) is 14.6. The Balaban J connectivity index is 3.46. The average molecular weight is 273 g/mol. The molecule has 0 radical (unpaired) electrons. The van der Waals surface area contributed by atoms with Gasteiger partial charge in [-0.1, -0.05) is 5.92 Å². The minimum Gasteiger partial charge on any atom is -0.461 e. The molecular formula is C12H10F3NO3. The summed E-state index contributed by atoms with van der Waals surface area (Å²) in [5.74, 6) is 1.13. The Morgan fingerprint density at radius 1 is 1.47 bits per heavy atom. The number of alkyl halides is 3. The van der Waals surface area contributed by atoms with Crippen molar-refractivity contribution in [3.05, 3.63) is 33.7 Å². The summed E-state index contributed by atoms with van der Waals surface area (Å²) >= 11 is 0. The van der Waals surface area contributed by atoms with Crippen molar-refractivity contribution < 1.29 is 22.7 Å². The van der Waals surface area contributed by atoms with Crippen LogP contribution in [0.25, 0.3) is 0 Å². The van der Waals surface area contributed by atoms with Crippen LogP contribution < -0.4 is 5.56 Å². The first kappa shape index (κ1) is 14.8. The van der Waals surface area contributed by atoms with Gasteiger partial charge in [0.05, 0.1) is 13.2 Å². The number of ether oxygens (including phenoxy) is 1. The summed E-state index contributed by atoms with van der Waals surface area (Å²) < 4.78 is 42.9. The molecule has 4 nitrogen and oxygen atoms in total. The van der Waals surface area contributed by atoms with Crippen LogP contribution in [0.2, 0.25) is 0 Å². The van der Waals surface area contributed by atoms with E-state index in [4.69, 9.17) is 6.42 Å². The van der Waals surface area contributed by atoms with Crippen LogP contribution in [0.15, 0.2) is 16.9 Å². The molecule has 19 heavy (non-hydrogen) atoms. The number of carbonyl (C=O) groups is 1. The van der Waals surface area contributed by atoms with E-state index in [0.717, 1.165) is 6.07 Å². The maximum Gasteiger partial charge on any atom is 0.421 e. The molecule has 0 atom stereocenters. The van der Waals surface area contributed by atoms with Crippen LogP contribution in [0, 0.1) is 12.3 Å². The van der Waals surface area contributed by atoms with Gasteiger partial charge in [-0.05, 0) is 19.1 Å². The number of esters is 1. The van der Waals surface area contributed by atoms with E-state index in [0.29, 0.717) is 10.6 Å². The SMILES string of the molecule is C#CCn1c(C(=O)OCC)ccc(C(F)(F)F)c1=O. The Morgan fingerprint density at radius 2 is 2.11 bits per heavy atom. The zero-order valence-corrected chi connectivity index (χ0v) is 9.95. The summed E-state index contributed by atoms with van der Waals surface area (Å²) in [4.78, 5) is 23.2. The molecule has 1 aromatic rings. The third kappa shape index (κ3) is 3.16. The van der Waals surface area contributed by atoms with Crippen molar-refractivity contribution in [2.45, 2.75) is 19.6 Å². The van der Waals surface area contributed by atoms with Crippen molar-refractivity contribution in [3.63, 3.8) is 0 Å². The highest BCUT2D eigenvalue weighted by Crippen LogP contribution is 2.26. The molecule has 1 rings (SSSR count). The third-order valence-corrected chi connectivity index (χ3v) is 2.21. The third-order valence-electron chi connectivity index (χ3n) is 2.21. The van der Waals surface area contributed by atoms with Gasteiger partial charge in [0.1, 0.15) is 11.3 Å². The van der Waals surface area contributed by atoms with E-state index in [1.807, 2.05) is 5.92 Å². The predicted molar refractivity (Wildman–Crippen MR) is 60.5 cm³/mol. The molecule has 0 N–H and O–H groups in total. The van der Waals surface area contributed by atoms with E-state index in [1.54, 1.807) is 0 Å². The fourth-order valence-corrected chi connectivity index (χ4v) is 1.43. The summed E-state index contributed by atoms with van der Waals surface area (Å²) in [5.41, 5.74) is -3.05. The van der Waals surface area contributed by atoms with Crippen LogP contribution in [0.5, 0.6) is 0 Å². The quantitative estimate of drug-likeness (QED) is 0.622. The van der Waals surface area contributed by atoms with Crippen molar-refractivity contribution in [1.29, 1.82) is 0 Å². The molecule has 0 saturated heterocycles. The lowest BCUT2D eigenvalue weighted by Crippen LogP contribution is -2.32. The fourth-order valence-electron chi connectivity index (χ4n) is 1.43. The van der Waals surface area contributed by atoms with Crippen molar-refractivity contribution >= 4 is 5.97 Å². The molecule has 0 bridgehead atoms. The number of pyridine rings is 1. The highest BCUT2D eigenvalue weighted by molar-refractivity contribution is 5.87. The Morgan fingerprint density at radius 3 is 2.58 bits per heavy atom. The van der Waals surface area contributed by atoms with E-state index in [9.17, 15) is 22.8 Å². The second-order valence-electron chi connectivity index (χ2n) is 3.45. The minimum absolute atomic E-state index is 0.0318. The lowest BCUT2D eigenvalue weighted by Gasteiger charge is -2.12. The Labute approximate surface area is 106 Å². The molecule has 0 saturated carbocycles. The summed E-state index contributed by atoms with van der Waals surface area (Å²) in [6.45, 7) is 1.12. The van der Waals surface area contributed by atoms with Gasteiger partial charge >= 0.3 is 12.1 Å². The number of hydrogen-bond donors (Lipinski definition) is 0.